The minimum Gasteiger partial charge on any atom is -0.468 e. The van der Waals surface area contributed by atoms with Gasteiger partial charge in [-0.3, -0.25) is 4.79 Å². The first-order valence-corrected chi connectivity index (χ1v) is 8.06. The summed E-state index contributed by atoms with van der Waals surface area (Å²) in [6.45, 7) is 0.802. The van der Waals surface area contributed by atoms with Crippen LogP contribution in [0.15, 0.2) is 35.5 Å². The molecular formula is C16H21BrO3. The molecule has 2 unspecified atom stereocenters. The maximum atomic E-state index is 11.8. The molecule has 1 fully saturated rings. The van der Waals surface area contributed by atoms with Crippen molar-refractivity contribution in [3.8, 4) is 0 Å². The number of ether oxygens (including phenoxy) is 2. The van der Waals surface area contributed by atoms with Gasteiger partial charge in [-0.05, 0) is 43.3 Å². The van der Waals surface area contributed by atoms with Gasteiger partial charge in [-0.15, -0.1) is 0 Å². The fraction of sp³-hybridized carbons (Fsp3) is 0.562. The van der Waals surface area contributed by atoms with Gasteiger partial charge in [0.25, 0.3) is 0 Å². The molecule has 0 aromatic rings. The summed E-state index contributed by atoms with van der Waals surface area (Å²) in [6.07, 6.45) is 13.8. The molecular weight excluding hydrogens is 320 g/mol. The fourth-order valence-electron chi connectivity index (χ4n) is 2.58. The molecule has 2 aliphatic rings. The quantitative estimate of drug-likeness (QED) is 0.580. The molecule has 2 atom stereocenters. The van der Waals surface area contributed by atoms with Crippen molar-refractivity contribution in [1.29, 1.82) is 0 Å². The Hall–Kier alpha value is -0.870. The van der Waals surface area contributed by atoms with Crippen LogP contribution in [0.2, 0.25) is 0 Å². The van der Waals surface area contributed by atoms with Crippen molar-refractivity contribution in [2.75, 3.05) is 13.7 Å². The van der Waals surface area contributed by atoms with Crippen molar-refractivity contribution in [1.82, 2.24) is 0 Å². The van der Waals surface area contributed by atoms with Gasteiger partial charge in [0.2, 0.25) is 0 Å². The lowest BCUT2D eigenvalue weighted by molar-refractivity contribution is -0.139. The van der Waals surface area contributed by atoms with E-state index in [1.54, 1.807) is 0 Å². The molecule has 0 aromatic heterocycles. The van der Waals surface area contributed by atoms with Gasteiger partial charge in [-0.2, -0.15) is 0 Å². The standard InChI is InChI=1S/C16H21BrO3/c1-19-16(18)15(17)13-9-5-3-2-4-8-12(13)14-10-6-7-11-20-14/h3,5,8-9,14-15H,2,4,6-7,10-11H2,1H3/b5-3-,12-8+,13-9+. The summed E-state index contributed by atoms with van der Waals surface area (Å²) in [7, 11) is 1.41. The van der Waals surface area contributed by atoms with E-state index >= 15 is 0 Å². The Labute approximate surface area is 128 Å². The average molecular weight is 341 g/mol. The Morgan fingerprint density at radius 3 is 3.00 bits per heavy atom. The molecule has 0 N–H and O–H groups in total. The topological polar surface area (TPSA) is 35.5 Å². The highest BCUT2D eigenvalue weighted by Crippen LogP contribution is 2.31. The number of esters is 1. The van der Waals surface area contributed by atoms with E-state index in [1.807, 2.05) is 12.2 Å². The second kappa shape index (κ2) is 7.79. The van der Waals surface area contributed by atoms with E-state index in [0.717, 1.165) is 43.4 Å². The number of carbonyl (C=O) groups excluding carboxylic acids is 1. The number of alkyl halides is 1. The number of allylic oxidation sites excluding steroid dienone is 4. The van der Waals surface area contributed by atoms with E-state index < -0.39 is 4.83 Å². The van der Waals surface area contributed by atoms with Crippen LogP contribution in [0.25, 0.3) is 0 Å². The van der Waals surface area contributed by atoms with E-state index in [2.05, 4.69) is 28.1 Å². The number of hydrogen-bond donors (Lipinski definition) is 0. The average Bonchev–Trinajstić information content (AvgIpc) is 2.46. The maximum absolute atomic E-state index is 11.8. The van der Waals surface area contributed by atoms with Crippen LogP contribution in [0.4, 0.5) is 0 Å². The monoisotopic (exact) mass is 340 g/mol. The molecule has 1 heterocycles. The first-order valence-electron chi connectivity index (χ1n) is 7.14. The number of hydrogen-bond acceptors (Lipinski definition) is 3. The van der Waals surface area contributed by atoms with Crippen molar-refractivity contribution >= 4 is 21.9 Å². The lowest BCUT2D eigenvalue weighted by Gasteiger charge is -2.28. The zero-order valence-corrected chi connectivity index (χ0v) is 13.4. The summed E-state index contributed by atoms with van der Waals surface area (Å²) in [5.41, 5.74) is 2.10. The summed E-state index contributed by atoms with van der Waals surface area (Å²) in [5, 5.41) is 0. The number of rotatable bonds is 3. The molecule has 0 amide bonds. The molecule has 2 rings (SSSR count). The molecule has 0 saturated carbocycles. The SMILES string of the molecule is COC(=O)C(Br)C1=C/C=C\CC/C=C\1C1CCCCO1. The lowest BCUT2D eigenvalue weighted by atomic mass is 9.90. The largest absolute Gasteiger partial charge is 0.468 e. The van der Waals surface area contributed by atoms with Crippen molar-refractivity contribution in [3.05, 3.63) is 35.5 Å². The highest BCUT2D eigenvalue weighted by atomic mass is 79.9. The van der Waals surface area contributed by atoms with Crippen LogP contribution in [0.1, 0.15) is 32.1 Å². The van der Waals surface area contributed by atoms with E-state index in [0.29, 0.717) is 0 Å². The summed E-state index contributed by atoms with van der Waals surface area (Å²) in [4.78, 5) is 11.4. The van der Waals surface area contributed by atoms with Crippen molar-refractivity contribution < 1.29 is 14.3 Å². The first-order chi connectivity index (χ1) is 9.74. The van der Waals surface area contributed by atoms with Crippen LogP contribution in [0, 0.1) is 0 Å². The van der Waals surface area contributed by atoms with Gasteiger partial charge in [-0.1, -0.05) is 40.2 Å². The van der Waals surface area contributed by atoms with Crippen LogP contribution in [0.5, 0.6) is 0 Å². The van der Waals surface area contributed by atoms with E-state index in [1.165, 1.54) is 13.5 Å². The summed E-state index contributed by atoms with van der Waals surface area (Å²) >= 11 is 3.46. The Morgan fingerprint density at radius 2 is 2.30 bits per heavy atom. The minimum absolute atomic E-state index is 0.103. The van der Waals surface area contributed by atoms with Gasteiger partial charge in [0.1, 0.15) is 4.83 Å². The molecule has 110 valence electrons. The molecule has 1 aliphatic heterocycles. The zero-order chi connectivity index (χ0) is 14.4. The highest BCUT2D eigenvalue weighted by molar-refractivity contribution is 9.10. The minimum atomic E-state index is -0.438. The van der Waals surface area contributed by atoms with E-state index in [9.17, 15) is 4.79 Å². The third-order valence-electron chi connectivity index (χ3n) is 3.65. The second-order valence-corrected chi connectivity index (χ2v) is 5.94. The van der Waals surface area contributed by atoms with Gasteiger partial charge >= 0.3 is 5.97 Å². The van der Waals surface area contributed by atoms with Crippen molar-refractivity contribution in [2.45, 2.75) is 43.0 Å². The number of methoxy groups -OCH3 is 1. The first kappa shape index (κ1) is 15.5. The molecule has 4 heteroatoms. The molecule has 20 heavy (non-hydrogen) atoms. The van der Waals surface area contributed by atoms with E-state index in [-0.39, 0.29) is 12.1 Å². The Bertz CT molecular complexity index is 431. The molecule has 0 aromatic carbocycles. The molecule has 3 nitrogen and oxygen atoms in total. The highest BCUT2D eigenvalue weighted by Gasteiger charge is 2.28. The zero-order valence-electron chi connectivity index (χ0n) is 11.8. The van der Waals surface area contributed by atoms with Gasteiger partial charge in [-0.25, -0.2) is 0 Å². The number of carbonyl (C=O) groups is 1. The van der Waals surface area contributed by atoms with Crippen molar-refractivity contribution in [3.63, 3.8) is 0 Å². The molecule has 0 radical (unpaired) electrons. The van der Waals surface area contributed by atoms with Crippen LogP contribution in [0.3, 0.4) is 0 Å². The molecule has 1 saturated heterocycles. The lowest BCUT2D eigenvalue weighted by Crippen LogP contribution is -2.28. The smallest absolute Gasteiger partial charge is 0.324 e. The normalized spacial score (nSPS) is 31.8. The fourth-order valence-corrected chi connectivity index (χ4v) is 3.19. The van der Waals surface area contributed by atoms with Crippen LogP contribution in [-0.4, -0.2) is 30.6 Å². The maximum Gasteiger partial charge on any atom is 0.324 e. The Balaban J connectivity index is 2.27. The van der Waals surface area contributed by atoms with E-state index in [4.69, 9.17) is 9.47 Å². The summed E-state index contributed by atoms with van der Waals surface area (Å²) < 4.78 is 10.8. The summed E-state index contributed by atoms with van der Waals surface area (Å²) in [5.74, 6) is -0.271. The predicted molar refractivity (Wildman–Crippen MR) is 82.9 cm³/mol. The van der Waals surface area contributed by atoms with Crippen LogP contribution >= 0.6 is 15.9 Å². The third kappa shape index (κ3) is 3.83. The Morgan fingerprint density at radius 1 is 1.45 bits per heavy atom. The Kier molecular flexibility index (Phi) is 6.05. The van der Waals surface area contributed by atoms with Gasteiger partial charge in [0.05, 0.1) is 13.2 Å². The third-order valence-corrected chi connectivity index (χ3v) is 4.52. The molecule has 0 spiro atoms. The van der Waals surface area contributed by atoms with Crippen LogP contribution in [-0.2, 0) is 14.3 Å². The predicted octanol–water partition coefficient (Wildman–Crippen LogP) is 3.69. The molecule has 0 bridgehead atoms. The second-order valence-electron chi connectivity index (χ2n) is 5.03. The van der Waals surface area contributed by atoms with Gasteiger partial charge in [0, 0.05) is 6.61 Å². The number of halogens is 1. The van der Waals surface area contributed by atoms with Crippen molar-refractivity contribution in [2.24, 2.45) is 0 Å². The summed E-state index contributed by atoms with van der Waals surface area (Å²) in [6, 6.07) is 0. The van der Waals surface area contributed by atoms with Gasteiger partial charge in [0.15, 0.2) is 0 Å². The van der Waals surface area contributed by atoms with Crippen LogP contribution < -0.4 is 0 Å². The molecule has 1 aliphatic carbocycles. The van der Waals surface area contributed by atoms with Gasteiger partial charge < -0.3 is 9.47 Å².